The van der Waals surface area contributed by atoms with Gasteiger partial charge < -0.3 is 15.5 Å². The normalized spacial score (nSPS) is 16.8. The molecule has 0 aliphatic carbocycles. The van der Waals surface area contributed by atoms with Crippen LogP contribution in [-0.2, 0) is 4.79 Å². The Kier molecular flexibility index (Phi) is 7.00. The zero-order chi connectivity index (χ0) is 19.2. The quantitative estimate of drug-likeness (QED) is 0.847. The SMILES string of the molecule is CCCC(C(=O)NC1CCN(C(=O)NC(C)(C)C)CC1)c1ccccn1. The molecule has 0 saturated carbocycles. The third-order valence-electron chi connectivity index (χ3n) is 4.55. The van der Waals surface area contributed by atoms with Gasteiger partial charge in [-0.1, -0.05) is 19.4 Å². The molecule has 0 spiro atoms. The van der Waals surface area contributed by atoms with Crippen molar-refractivity contribution in [2.24, 2.45) is 0 Å². The van der Waals surface area contributed by atoms with Gasteiger partial charge in [0.05, 0.1) is 11.6 Å². The summed E-state index contributed by atoms with van der Waals surface area (Å²) in [5.74, 6) is -0.161. The van der Waals surface area contributed by atoms with E-state index < -0.39 is 0 Å². The van der Waals surface area contributed by atoms with Crippen molar-refractivity contribution in [1.82, 2.24) is 20.5 Å². The van der Waals surface area contributed by atoms with Gasteiger partial charge in [-0.05, 0) is 52.2 Å². The number of nitrogens with one attached hydrogen (secondary N) is 2. The first-order valence-electron chi connectivity index (χ1n) is 9.58. The Labute approximate surface area is 156 Å². The minimum absolute atomic E-state index is 0.0281. The second kappa shape index (κ2) is 9.01. The smallest absolute Gasteiger partial charge is 0.317 e. The van der Waals surface area contributed by atoms with Gasteiger partial charge in [0.2, 0.25) is 5.91 Å². The van der Waals surface area contributed by atoms with E-state index in [2.05, 4.69) is 22.5 Å². The van der Waals surface area contributed by atoms with Crippen molar-refractivity contribution in [3.63, 3.8) is 0 Å². The lowest BCUT2D eigenvalue weighted by molar-refractivity contribution is -0.123. The minimum Gasteiger partial charge on any atom is -0.353 e. The van der Waals surface area contributed by atoms with Crippen LogP contribution in [0.1, 0.15) is 65.0 Å². The number of hydrogen-bond acceptors (Lipinski definition) is 3. The highest BCUT2D eigenvalue weighted by molar-refractivity contribution is 5.83. The number of pyridine rings is 1. The van der Waals surface area contributed by atoms with Gasteiger partial charge in [-0.15, -0.1) is 0 Å². The predicted molar refractivity (Wildman–Crippen MR) is 103 cm³/mol. The maximum absolute atomic E-state index is 12.8. The van der Waals surface area contributed by atoms with E-state index in [1.54, 1.807) is 6.20 Å². The van der Waals surface area contributed by atoms with Crippen molar-refractivity contribution in [3.05, 3.63) is 30.1 Å². The van der Waals surface area contributed by atoms with Gasteiger partial charge >= 0.3 is 6.03 Å². The molecule has 2 heterocycles. The van der Waals surface area contributed by atoms with Gasteiger partial charge in [0.15, 0.2) is 0 Å². The number of amides is 3. The predicted octanol–water partition coefficient (Wildman–Crippen LogP) is 3.05. The average molecular weight is 361 g/mol. The monoisotopic (exact) mass is 360 g/mol. The third-order valence-corrected chi connectivity index (χ3v) is 4.55. The molecular weight excluding hydrogens is 328 g/mol. The fourth-order valence-electron chi connectivity index (χ4n) is 3.21. The highest BCUT2D eigenvalue weighted by Gasteiger charge is 2.28. The van der Waals surface area contributed by atoms with Crippen LogP contribution >= 0.6 is 0 Å². The summed E-state index contributed by atoms with van der Waals surface area (Å²) in [6.07, 6.45) is 5.02. The van der Waals surface area contributed by atoms with Crippen LogP contribution < -0.4 is 10.6 Å². The Hall–Kier alpha value is -2.11. The van der Waals surface area contributed by atoms with Crippen molar-refractivity contribution in [3.8, 4) is 0 Å². The molecule has 1 aromatic heterocycles. The van der Waals surface area contributed by atoms with Crippen molar-refractivity contribution in [2.45, 2.75) is 70.9 Å². The molecule has 0 bridgehead atoms. The Balaban J connectivity index is 1.87. The van der Waals surface area contributed by atoms with Crippen molar-refractivity contribution in [2.75, 3.05) is 13.1 Å². The molecule has 2 rings (SSSR count). The van der Waals surface area contributed by atoms with Crippen LogP contribution in [0.3, 0.4) is 0 Å². The minimum atomic E-state index is -0.238. The van der Waals surface area contributed by atoms with Crippen molar-refractivity contribution >= 4 is 11.9 Å². The molecule has 1 aliphatic rings. The summed E-state index contributed by atoms with van der Waals surface area (Å²) < 4.78 is 0. The van der Waals surface area contributed by atoms with Crippen LogP contribution in [0.25, 0.3) is 0 Å². The van der Waals surface area contributed by atoms with Crippen molar-refractivity contribution in [1.29, 1.82) is 0 Å². The van der Waals surface area contributed by atoms with E-state index in [4.69, 9.17) is 0 Å². The van der Waals surface area contributed by atoms with Crippen LogP contribution in [0.5, 0.6) is 0 Å². The maximum atomic E-state index is 12.8. The molecule has 1 unspecified atom stereocenters. The van der Waals surface area contributed by atoms with Gasteiger partial charge in [0.25, 0.3) is 0 Å². The molecule has 0 radical (unpaired) electrons. The molecule has 1 aromatic rings. The summed E-state index contributed by atoms with van der Waals surface area (Å²) in [6.45, 7) is 9.33. The molecule has 6 nitrogen and oxygen atoms in total. The Bertz CT molecular complexity index is 590. The van der Waals surface area contributed by atoms with E-state index in [1.165, 1.54) is 0 Å². The van der Waals surface area contributed by atoms with Crippen LogP contribution in [0.4, 0.5) is 4.79 Å². The lowest BCUT2D eigenvalue weighted by Crippen LogP contribution is -2.53. The number of hydrogen-bond donors (Lipinski definition) is 2. The molecule has 3 amide bonds. The summed E-state index contributed by atoms with van der Waals surface area (Å²) in [6, 6.07) is 5.79. The summed E-state index contributed by atoms with van der Waals surface area (Å²) in [4.78, 5) is 31.2. The molecule has 2 N–H and O–H groups in total. The van der Waals surface area contributed by atoms with Gasteiger partial charge in [-0.2, -0.15) is 0 Å². The van der Waals surface area contributed by atoms with Gasteiger partial charge in [-0.25, -0.2) is 4.79 Å². The number of urea groups is 1. The average Bonchev–Trinajstić information content (AvgIpc) is 2.59. The van der Waals surface area contributed by atoms with E-state index in [0.717, 1.165) is 31.4 Å². The maximum Gasteiger partial charge on any atom is 0.317 e. The van der Waals surface area contributed by atoms with Gasteiger partial charge in [0, 0.05) is 30.9 Å². The van der Waals surface area contributed by atoms with E-state index in [9.17, 15) is 9.59 Å². The molecule has 1 atom stereocenters. The summed E-state index contributed by atoms with van der Waals surface area (Å²) >= 11 is 0. The summed E-state index contributed by atoms with van der Waals surface area (Å²) in [7, 11) is 0. The fourth-order valence-corrected chi connectivity index (χ4v) is 3.21. The van der Waals surface area contributed by atoms with Gasteiger partial charge in [0.1, 0.15) is 0 Å². The lowest BCUT2D eigenvalue weighted by Gasteiger charge is -2.35. The molecule has 1 saturated heterocycles. The Morgan fingerprint density at radius 3 is 2.50 bits per heavy atom. The fraction of sp³-hybridized carbons (Fsp3) is 0.650. The van der Waals surface area contributed by atoms with Crippen molar-refractivity contribution < 1.29 is 9.59 Å². The Morgan fingerprint density at radius 2 is 1.96 bits per heavy atom. The highest BCUT2D eigenvalue weighted by Crippen LogP contribution is 2.21. The second-order valence-corrected chi connectivity index (χ2v) is 8.05. The van der Waals surface area contributed by atoms with Crippen LogP contribution in [0.2, 0.25) is 0 Å². The Morgan fingerprint density at radius 1 is 1.27 bits per heavy atom. The number of nitrogens with zero attached hydrogens (tertiary/aromatic N) is 2. The lowest BCUT2D eigenvalue weighted by atomic mass is 9.96. The number of aromatic nitrogens is 1. The largest absolute Gasteiger partial charge is 0.353 e. The molecule has 1 aliphatic heterocycles. The van der Waals surface area contributed by atoms with E-state index >= 15 is 0 Å². The highest BCUT2D eigenvalue weighted by atomic mass is 16.2. The van der Waals surface area contributed by atoms with Crippen LogP contribution in [0.15, 0.2) is 24.4 Å². The third kappa shape index (κ3) is 6.00. The molecule has 144 valence electrons. The van der Waals surface area contributed by atoms with E-state index in [0.29, 0.717) is 13.1 Å². The molecular formula is C20H32N4O2. The zero-order valence-corrected chi connectivity index (χ0v) is 16.4. The number of piperidine rings is 1. The number of rotatable bonds is 5. The molecule has 6 heteroatoms. The molecule has 0 aromatic carbocycles. The van der Waals surface area contributed by atoms with Crippen LogP contribution in [0, 0.1) is 0 Å². The first-order chi connectivity index (χ1) is 12.3. The van der Waals surface area contributed by atoms with E-state index in [-0.39, 0.29) is 29.4 Å². The second-order valence-electron chi connectivity index (χ2n) is 8.05. The van der Waals surface area contributed by atoms with Gasteiger partial charge in [-0.3, -0.25) is 9.78 Å². The standard InChI is InChI=1S/C20H32N4O2/c1-5-8-16(17-9-6-7-12-21-17)18(25)22-15-10-13-24(14-11-15)19(26)23-20(2,3)4/h6-7,9,12,15-16H,5,8,10-11,13-14H2,1-4H3,(H,22,25)(H,23,26). The van der Waals surface area contributed by atoms with Crippen LogP contribution in [-0.4, -0.2) is 46.5 Å². The first kappa shape index (κ1) is 20.2. The number of likely N-dealkylation sites (tertiary alicyclic amines) is 1. The first-order valence-corrected chi connectivity index (χ1v) is 9.58. The zero-order valence-electron chi connectivity index (χ0n) is 16.4. The topological polar surface area (TPSA) is 74.3 Å². The van der Waals surface area contributed by atoms with E-state index in [1.807, 2.05) is 43.9 Å². The number of carbonyl (C=O) groups excluding carboxylic acids is 2. The summed E-state index contributed by atoms with van der Waals surface area (Å²) in [5.41, 5.74) is 0.590. The molecule has 26 heavy (non-hydrogen) atoms. The number of carbonyl (C=O) groups is 2. The summed E-state index contributed by atoms with van der Waals surface area (Å²) in [5, 5.41) is 6.16. The molecule has 1 fully saturated rings.